The van der Waals surface area contributed by atoms with Gasteiger partial charge < -0.3 is 15.4 Å². The van der Waals surface area contributed by atoms with Crippen LogP contribution in [0.5, 0.6) is 0 Å². The quantitative estimate of drug-likeness (QED) is 0.852. The van der Waals surface area contributed by atoms with E-state index in [-0.39, 0.29) is 13.1 Å². The maximum Gasteiger partial charge on any atom is 0.410 e. The van der Waals surface area contributed by atoms with Crippen molar-refractivity contribution in [2.75, 3.05) is 19.6 Å². The number of nitrogens with zero attached hydrogens (tertiary/aromatic N) is 1. The predicted octanol–water partition coefficient (Wildman–Crippen LogP) is 2.77. The number of hydrogen-bond acceptors (Lipinski definition) is 3. The van der Waals surface area contributed by atoms with Gasteiger partial charge in [0.1, 0.15) is 5.60 Å². The number of carbonyl (C=O) groups is 1. The van der Waals surface area contributed by atoms with Gasteiger partial charge in [0, 0.05) is 19.6 Å². The lowest BCUT2D eigenvalue weighted by atomic mass is 9.84. The Labute approximate surface area is 117 Å². The summed E-state index contributed by atoms with van der Waals surface area (Å²) >= 11 is 0. The zero-order chi connectivity index (χ0) is 15.6. The van der Waals surface area contributed by atoms with E-state index in [0.29, 0.717) is 12.8 Å². The zero-order valence-electron chi connectivity index (χ0n) is 12.2. The van der Waals surface area contributed by atoms with Gasteiger partial charge in [0.05, 0.1) is 5.92 Å². The molecule has 0 bridgehead atoms. The van der Waals surface area contributed by atoms with E-state index in [9.17, 15) is 18.0 Å². The normalized spacial score (nSPS) is 19.9. The van der Waals surface area contributed by atoms with Crippen molar-refractivity contribution in [2.45, 2.75) is 45.4 Å². The highest BCUT2D eigenvalue weighted by atomic mass is 19.4. The van der Waals surface area contributed by atoms with Crippen LogP contribution in [0, 0.1) is 11.8 Å². The standard InChI is InChI=1S/C13H23F3N2O2/c1-12(2,3)20-11(19)18-6-4-9(5-7-18)10(8-17)13(14,15)16/h9-10H,4-8,17H2,1-3H3. The second kappa shape index (κ2) is 6.20. The van der Waals surface area contributed by atoms with Crippen LogP contribution in [0.3, 0.4) is 0 Å². The molecular formula is C13H23F3N2O2. The summed E-state index contributed by atoms with van der Waals surface area (Å²) < 4.78 is 43.6. The Balaban J connectivity index is 2.53. The van der Waals surface area contributed by atoms with E-state index < -0.39 is 36.3 Å². The predicted molar refractivity (Wildman–Crippen MR) is 69.1 cm³/mol. The number of halogens is 3. The topological polar surface area (TPSA) is 55.6 Å². The molecule has 7 heteroatoms. The molecular weight excluding hydrogens is 273 g/mol. The van der Waals surface area contributed by atoms with Crippen molar-refractivity contribution < 1.29 is 22.7 Å². The molecule has 0 aromatic rings. The molecule has 0 saturated carbocycles. The minimum Gasteiger partial charge on any atom is -0.444 e. The summed E-state index contributed by atoms with van der Waals surface area (Å²) in [6, 6.07) is 0. The third kappa shape index (κ3) is 4.85. The van der Waals surface area contributed by atoms with Crippen molar-refractivity contribution in [3.8, 4) is 0 Å². The monoisotopic (exact) mass is 296 g/mol. The number of nitrogens with two attached hydrogens (primary N) is 1. The van der Waals surface area contributed by atoms with Crippen LogP contribution in [-0.4, -0.2) is 42.4 Å². The molecule has 1 aliphatic rings. The molecule has 1 aliphatic heterocycles. The minimum atomic E-state index is -4.27. The van der Waals surface area contributed by atoms with Gasteiger partial charge in [0.25, 0.3) is 0 Å². The Bertz CT molecular complexity index is 331. The first-order valence-electron chi connectivity index (χ1n) is 6.79. The highest BCUT2D eigenvalue weighted by Crippen LogP contribution is 2.36. The van der Waals surface area contributed by atoms with Crippen LogP contribution >= 0.6 is 0 Å². The SMILES string of the molecule is CC(C)(C)OC(=O)N1CCC(C(CN)C(F)(F)F)CC1. The molecule has 1 heterocycles. The summed E-state index contributed by atoms with van der Waals surface area (Å²) in [6.45, 7) is 5.43. The van der Waals surface area contributed by atoms with E-state index in [1.54, 1.807) is 20.8 Å². The lowest BCUT2D eigenvalue weighted by Crippen LogP contribution is -2.46. The van der Waals surface area contributed by atoms with Crippen LogP contribution in [0.1, 0.15) is 33.6 Å². The molecule has 1 atom stereocenters. The third-order valence-electron chi connectivity index (χ3n) is 3.43. The fraction of sp³-hybridized carbons (Fsp3) is 0.923. The number of likely N-dealkylation sites (tertiary alicyclic amines) is 1. The molecule has 1 amide bonds. The zero-order valence-corrected chi connectivity index (χ0v) is 12.2. The summed E-state index contributed by atoms with van der Waals surface area (Å²) in [5, 5.41) is 0. The maximum atomic E-state index is 12.8. The molecule has 1 rings (SSSR count). The summed E-state index contributed by atoms with van der Waals surface area (Å²) in [7, 11) is 0. The number of carbonyl (C=O) groups excluding carboxylic acids is 1. The second-order valence-electron chi connectivity index (χ2n) is 6.19. The summed E-state index contributed by atoms with van der Waals surface area (Å²) in [5.74, 6) is -2.00. The van der Waals surface area contributed by atoms with E-state index in [2.05, 4.69) is 0 Å². The van der Waals surface area contributed by atoms with Crippen molar-refractivity contribution in [3.05, 3.63) is 0 Å². The molecule has 4 nitrogen and oxygen atoms in total. The summed E-state index contributed by atoms with van der Waals surface area (Å²) in [4.78, 5) is 13.3. The molecule has 1 fully saturated rings. The number of amides is 1. The van der Waals surface area contributed by atoms with Gasteiger partial charge in [-0.15, -0.1) is 0 Å². The lowest BCUT2D eigenvalue weighted by Gasteiger charge is -2.36. The Kier molecular flexibility index (Phi) is 5.29. The highest BCUT2D eigenvalue weighted by Gasteiger charge is 2.44. The largest absolute Gasteiger partial charge is 0.444 e. The molecule has 118 valence electrons. The van der Waals surface area contributed by atoms with E-state index in [0.717, 1.165) is 0 Å². The summed E-state index contributed by atoms with van der Waals surface area (Å²) in [5.41, 5.74) is 4.64. The number of alkyl halides is 3. The smallest absolute Gasteiger partial charge is 0.410 e. The van der Waals surface area contributed by atoms with E-state index in [1.807, 2.05) is 0 Å². The summed E-state index contributed by atoms with van der Waals surface area (Å²) in [6.07, 6.45) is -4.12. The van der Waals surface area contributed by atoms with Crippen LogP contribution < -0.4 is 5.73 Å². The van der Waals surface area contributed by atoms with E-state index >= 15 is 0 Å². The molecule has 1 unspecified atom stereocenters. The van der Waals surface area contributed by atoms with Crippen molar-refractivity contribution >= 4 is 6.09 Å². The van der Waals surface area contributed by atoms with Crippen molar-refractivity contribution in [2.24, 2.45) is 17.6 Å². The molecule has 0 spiro atoms. The van der Waals surface area contributed by atoms with Crippen LogP contribution in [0.15, 0.2) is 0 Å². The van der Waals surface area contributed by atoms with Gasteiger partial charge in [-0.25, -0.2) is 4.79 Å². The van der Waals surface area contributed by atoms with Crippen LogP contribution in [0.25, 0.3) is 0 Å². The fourth-order valence-corrected chi connectivity index (χ4v) is 2.40. The average Bonchev–Trinajstić information content (AvgIpc) is 2.26. The maximum absolute atomic E-state index is 12.8. The van der Waals surface area contributed by atoms with E-state index in [1.165, 1.54) is 4.90 Å². The molecule has 0 aromatic heterocycles. The van der Waals surface area contributed by atoms with Crippen molar-refractivity contribution in [1.82, 2.24) is 4.90 Å². The first kappa shape index (κ1) is 17.1. The Morgan fingerprint density at radius 1 is 1.30 bits per heavy atom. The van der Waals surface area contributed by atoms with Gasteiger partial charge in [-0.1, -0.05) is 0 Å². The van der Waals surface area contributed by atoms with Crippen LogP contribution in [0.4, 0.5) is 18.0 Å². The third-order valence-corrected chi connectivity index (χ3v) is 3.43. The van der Waals surface area contributed by atoms with Crippen molar-refractivity contribution in [1.29, 1.82) is 0 Å². The van der Waals surface area contributed by atoms with Crippen molar-refractivity contribution in [3.63, 3.8) is 0 Å². The van der Waals surface area contributed by atoms with Gasteiger partial charge in [-0.3, -0.25) is 0 Å². The molecule has 20 heavy (non-hydrogen) atoms. The molecule has 0 aliphatic carbocycles. The Hall–Kier alpha value is -0.980. The van der Waals surface area contributed by atoms with E-state index in [4.69, 9.17) is 10.5 Å². The van der Waals surface area contributed by atoms with Gasteiger partial charge in [0.15, 0.2) is 0 Å². The van der Waals surface area contributed by atoms with Gasteiger partial charge in [0.2, 0.25) is 0 Å². The lowest BCUT2D eigenvalue weighted by molar-refractivity contribution is -0.189. The Morgan fingerprint density at radius 2 is 1.80 bits per heavy atom. The number of piperidine rings is 1. The molecule has 1 saturated heterocycles. The molecule has 0 aromatic carbocycles. The van der Waals surface area contributed by atoms with Crippen LogP contribution in [-0.2, 0) is 4.74 Å². The number of ether oxygens (including phenoxy) is 1. The van der Waals surface area contributed by atoms with Gasteiger partial charge in [-0.2, -0.15) is 13.2 Å². The number of hydrogen-bond donors (Lipinski definition) is 1. The number of rotatable bonds is 2. The highest BCUT2D eigenvalue weighted by molar-refractivity contribution is 5.68. The average molecular weight is 296 g/mol. The Morgan fingerprint density at radius 3 is 2.15 bits per heavy atom. The van der Waals surface area contributed by atoms with Gasteiger partial charge >= 0.3 is 12.3 Å². The minimum absolute atomic E-state index is 0.284. The molecule has 0 radical (unpaired) electrons. The molecule has 2 N–H and O–H groups in total. The first-order valence-corrected chi connectivity index (χ1v) is 6.79. The fourth-order valence-electron chi connectivity index (χ4n) is 2.40. The second-order valence-corrected chi connectivity index (χ2v) is 6.19. The first-order chi connectivity index (χ1) is 9.04. The van der Waals surface area contributed by atoms with Crippen LogP contribution in [0.2, 0.25) is 0 Å². The van der Waals surface area contributed by atoms with Gasteiger partial charge in [-0.05, 0) is 39.5 Å².